The molecule has 0 saturated heterocycles. The lowest BCUT2D eigenvalue weighted by Crippen LogP contribution is -2.21. The summed E-state index contributed by atoms with van der Waals surface area (Å²) in [5.74, 6) is 0. The van der Waals surface area contributed by atoms with Gasteiger partial charge in [-0.15, -0.1) is 0 Å². The number of rotatable bonds is 5. The van der Waals surface area contributed by atoms with Gasteiger partial charge in [-0.25, -0.2) is 0 Å². The summed E-state index contributed by atoms with van der Waals surface area (Å²) in [5.41, 5.74) is 3.77. The summed E-state index contributed by atoms with van der Waals surface area (Å²) in [4.78, 5) is 0. The van der Waals surface area contributed by atoms with Crippen LogP contribution in [0.25, 0.3) is 11.1 Å². The zero-order valence-electron chi connectivity index (χ0n) is 11.5. The standard InChI is InChI=1S/C17H20ClN/c1-13(19-2)6-7-14-8-10-15(11-9-14)16-4-3-5-17(18)12-16/h3-5,8-13,19H,6-7H2,1-2H3. The Morgan fingerprint density at radius 2 is 1.79 bits per heavy atom. The molecule has 2 aromatic rings. The van der Waals surface area contributed by atoms with Crippen LogP contribution in [0.3, 0.4) is 0 Å². The van der Waals surface area contributed by atoms with Crippen LogP contribution in [-0.4, -0.2) is 13.1 Å². The summed E-state index contributed by atoms with van der Waals surface area (Å²) in [6.07, 6.45) is 2.27. The molecule has 0 bridgehead atoms. The summed E-state index contributed by atoms with van der Waals surface area (Å²) >= 11 is 6.02. The Morgan fingerprint density at radius 1 is 1.05 bits per heavy atom. The van der Waals surface area contributed by atoms with Crippen LogP contribution in [0, 0.1) is 0 Å². The van der Waals surface area contributed by atoms with E-state index in [2.05, 4.69) is 42.6 Å². The van der Waals surface area contributed by atoms with Crippen LogP contribution in [0.4, 0.5) is 0 Å². The first kappa shape index (κ1) is 14.1. The van der Waals surface area contributed by atoms with Gasteiger partial charge < -0.3 is 5.32 Å². The molecule has 2 heteroatoms. The average molecular weight is 274 g/mol. The first-order chi connectivity index (χ1) is 9.19. The topological polar surface area (TPSA) is 12.0 Å². The van der Waals surface area contributed by atoms with Crippen LogP contribution in [0.2, 0.25) is 5.02 Å². The molecule has 0 radical (unpaired) electrons. The van der Waals surface area contributed by atoms with Crippen molar-refractivity contribution in [2.45, 2.75) is 25.8 Å². The molecular formula is C17H20ClN. The molecule has 1 atom stereocenters. The second-order valence-electron chi connectivity index (χ2n) is 4.94. The lowest BCUT2D eigenvalue weighted by Gasteiger charge is -2.10. The molecule has 0 amide bonds. The van der Waals surface area contributed by atoms with E-state index < -0.39 is 0 Å². The molecule has 0 aromatic heterocycles. The third kappa shape index (κ3) is 4.09. The Kier molecular flexibility index (Phi) is 5.00. The maximum Gasteiger partial charge on any atom is 0.0412 e. The average Bonchev–Trinajstić information content (AvgIpc) is 2.45. The highest BCUT2D eigenvalue weighted by Crippen LogP contribution is 2.23. The van der Waals surface area contributed by atoms with Crippen molar-refractivity contribution in [3.63, 3.8) is 0 Å². The van der Waals surface area contributed by atoms with Crippen LogP contribution >= 0.6 is 11.6 Å². The summed E-state index contributed by atoms with van der Waals surface area (Å²) in [7, 11) is 2.01. The van der Waals surface area contributed by atoms with Gasteiger partial charge in [0.05, 0.1) is 0 Å². The number of halogens is 1. The number of hydrogen-bond donors (Lipinski definition) is 1. The van der Waals surface area contributed by atoms with Gasteiger partial charge in [-0.2, -0.15) is 0 Å². The highest BCUT2D eigenvalue weighted by atomic mass is 35.5. The van der Waals surface area contributed by atoms with Gasteiger partial charge in [0.2, 0.25) is 0 Å². The minimum absolute atomic E-state index is 0.563. The summed E-state index contributed by atoms with van der Waals surface area (Å²) in [6, 6.07) is 17.3. The van der Waals surface area contributed by atoms with E-state index in [1.165, 1.54) is 16.7 Å². The normalized spacial score (nSPS) is 12.4. The maximum atomic E-state index is 6.02. The first-order valence-corrected chi connectivity index (χ1v) is 7.09. The lowest BCUT2D eigenvalue weighted by molar-refractivity contribution is 0.565. The maximum absolute atomic E-state index is 6.02. The molecule has 2 aromatic carbocycles. The Labute approximate surface area is 120 Å². The minimum atomic E-state index is 0.563. The van der Waals surface area contributed by atoms with Crippen molar-refractivity contribution in [1.82, 2.24) is 5.32 Å². The predicted molar refractivity (Wildman–Crippen MR) is 83.7 cm³/mol. The molecule has 0 aliphatic heterocycles. The molecule has 100 valence electrons. The monoisotopic (exact) mass is 273 g/mol. The zero-order chi connectivity index (χ0) is 13.7. The van der Waals surface area contributed by atoms with E-state index in [-0.39, 0.29) is 0 Å². The van der Waals surface area contributed by atoms with E-state index in [1.54, 1.807) is 0 Å². The van der Waals surface area contributed by atoms with Crippen LogP contribution in [0.15, 0.2) is 48.5 Å². The minimum Gasteiger partial charge on any atom is -0.317 e. The fraction of sp³-hybridized carbons (Fsp3) is 0.294. The van der Waals surface area contributed by atoms with Crippen LogP contribution in [0.5, 0.6) is 0 Å². The van der Waals surface area contributed by atoms with Gasteiger partial charge in [0.1, 0.15) is 0 Å². The number of aryl methyl sites for hydroxylation is 1. The molecule has 0 aliphatic carbocycles. The van der Waals surface area contributed by atoms with Gasteiger partial charge in [-0.3, -0.25) is 0 Å². The third-order valence-corrected chi connectivity index (χ3v) is 3.71. The SMILES string of the molecule is CNC(C)CCc1ccc(-c2cccc(Cl)c2)cc1. The molecular weight excluding hydrogens is 254 g/mol. The van der Waals surface area contributed by atoms with Crippen molar-refractivity contribution in [3.8, 4) is 11.1 Å². The molecule has 1 N–H and O–H groups in total. The second kappa shape index (κ2) is 6.74. The molecule has 0 heterocycles. The smallest absolute Gasteiger partial charge is 0.0412 e. The van der Waals surface area contributed by atoms with Gasteiger partial charge in [0, 0.05) is 11.1 Å². The molecule has 0 fully saturated rings. The first-order valence-electron chi connectivity index (χ1n) is 6.71. The van der Waals surface area contributed by atoms with E-state index in [4.69, 9.17) is 11.6 Å². The van der Waals surface area contributed by atoms with E-state index in [9.17, 15) is 0 Å². The fourth-order valence-corrected chi connectivity index (χ4v) is 2.25. The Hall–Kier alpha value is -1.31. The van der Waals surface area contributed by atoms with Crippen molar-refractivity contribution in [2.75, 3.05) is 7.05 Å². The summed E-state index contributed by atoms with van der Waals surface area (Å²) < 4.78 is 0. The van der Waals surface area contributed by atoms with Crippen LogP contribution in [0.1, 0.15) is 18.9 Å². The number of hydrogen-bond acceptors (Lipinski definition) is 1. The van der Waals surface area contributed by atoms with Crippen LogP contribution in [-0.2, 0) is 6.42 Å². The third-order valence-electron chi connectivity index (χ3n) is 3.47. The Balaban J connectivity index is 2.06. The van der Waals surface area contributed by atoms with Crippen LogP contribution < -0.4 is 5.32 Å². The Bertz CT molecular complexity index is 519. The molecule has 0 spiro atoms. The Morgan fingerprint density at radius 3 is 2.42 bits per heavy atom. The molecule has 1 nitrogen and oxygen atoms in total. The second-order valence-corrected chi connectivity index (χ2v) is 5.37. The number of benzene rings is 2. The zero-order valence-corrected chi connectivity index (χ0v) is 12.2. The van der Waals surface area contributed by atoms with E-state index >= 15 is 0 Å². The highest BCUT2D eigenvalue weighted by molar-refractivity contribution is 6.30. The van der Waals surface area contributed by atoms with Crippen molar-refractivity contribution in [2.24, 2.45) is 0 Å². The summed E-state index contributed by atoms with van der Waals surface area (Å²) in [6.45, 7) is 2.21. The fourth-order valence-electron chi connectivity index (χ4n) is 2.06. The van der Waals surface area contributed by atoms with Gasteiger partial charge >= 0.3 is 0 Å². The van der Waals surface area contributed by atoms with Crippen molar-refractivity contribution < 1.29 is 0 Å². The van der Waals surface area contributed by atoms with Crippen molar-refractivity contribution in [1.29, 1.82) is 0 Å². The van der Waals surface area contributed by atoms with Gasteiger partial charge in [0.25, 0.3) is 0 Å². The number of nitrogens with one attached hydrogen (secondary N) is 1. The predicted octanol–water partition coefficient (Wildman–Crippen LogP) is 4.55. The van der Waals surface area contributed by atoms with Gasteiger partial charge in [-0.1, -0.05) is 48.0 Å². The molecule has 19 heavy (non-hydrogen) atoms. The molecule has 0 aliphatic rings. The largest absolute Gasteiger partial charge is 0.317 e. The van der Waals surface area contributed by atoms with Crippen molar-refractivity contribution in [3.05, 3.63) is 59.1 Å². The van der Waals surface area contributed by atoms with Gasteiger partial charge in [-0.05, 0) is 55.6 Å². The van der Waals surface area contributed by atoms with E-state index in [0.717, 1.165) is 17.9 Å². The molecule has 2 rings (SSSR count). The van der Waals surface area contributed by atoms with E-state index in [0.29, 0.717) is 6.04 Å². The highest BCUT2D eigenvalue weighted by Gasteiger charge is 2.01. The summed E-state index contributed by atoms with van der Waals surface area (Å²) in [5, 5.41) is 4.05. The lowest BCUT2D eigenvalue weighted by atomic mass is 10.0. The van der Waals surface area contributed by atoms with Gasteiger partial charge in [0.15, 0.2) is 0 Å². The van der Waals surface area contributed by atoms with Crippen molar-refractivity contribution >= 4 is 11.6 Å². The quantitative estimate of drug-likeness (QED) is 0.843. The molecule has 0 saturated carbocycles. The van der Waals surface area contributed by atoms with E-state index in [1.807, 2.05) is 25.2 Å². The molecule has 1 unspecified atom stereocenters.